The summed E-state index contributed by atoms with van der Waals surface area (Å²) in [5.41, 5.74) is 4.78. The molecular formula is C28H28ClN3O3S. The van der Waals surface area contributed by atoms with Crippen LogP contribution in [0, 0.1) is 12.8 Å². The van der Waals surface area contributed by atoms with E-state index in [1.807, 2.05) is 35.7 Å². The van der Waals surface area contributed by atoms with Crippen LogP contribution in [0.15, 0.2) is 54.9 Å². The zero-order valence-corrected chi connectivity index (χ0v) is 21.6. The molecule has 0 bridgehead atoms. The minimum atomic E-state index is -0.689. The van der Waals surface area contributed by atoms with Crippen LogP contribution in [0.25, 0.3) is 15.4 Å². The third-order valence-corrected chi connectivity index (χ3v) is 8.51. The fourth-order valence-electron chi connectivity index (χ4n) is 4.92. The minimum absolute atomic E-state index is 0.216. The predicted molar refractivity (Wildman–Crippen MR) is 143 cm³/mol. The number of aryl methyl sites for hydroxylation is 1. The second kappa shape index (κ2) is 10.4. The van der Waals surface area contributed by atoms with E-state index in [2.05, 4.69) is 34.6 Å². The van der Waals surface area contributed by atoms with Crippen LogP contribution in [0.4, 0.5) is 0 Å². The predicted octanol–water partition coefficient (Wildman–Crippen LogP) is 6.70. The van der Waals surface area contributed by atoms with Gasteiger partial charge in [0.2, 0.25) is 0 Å². The number of nitrogens with one attached hydrogen (secondary N) is 1. The summed E-state index contributed by atoms with van der Waals surface area (Å²) in [5.74, 6) is -0.0905. The summed E-state index contributed by atoms with van der Waals surface area (Å²) < 4.78 is 1.90. The molecule has 0 unspecified atom stereocenters. The molecule has 2 heterocycles. The summed E-state index contributed by atoms with van der Waals surface area (Å²) in [6.45, 7) is 2.34. The van der Waals surface area contributed by atoms with E-state index in [9.17, 15) is 9.59 Å². The van der Waals surface area contributed by atoms with Crippen molar-refractivity contribution in [1.82, 2.24) is 14.7 Å². The largest absolute Gasteiger partial charge is 0.481 e. The number of benzene rings is 2. The van der Waals surface area contributed by atoms with Crippen LogP contribution in [0.2, 0.25) is 5.02 Å². The van der Waals surface area contributed by atoms with Crippen LogP contribution in [-0.4, -0.2) is 26.4 Å². The molecule has 1 amide bonds. The van der Waals surface area contributed by atoms with Gasteiger partial charge in [-0.15, -0.1) is 0 Å². The van der Waals surface area contributed by atoms with Gasteiger partial charge in [-0.05, 0) is 72.8 Å². The Morgan fingerprint density at radius 1 is 1.11 bits per heavy atom. The Hall–Kier alpha value is -3.16. The molecule has 0 atom stereocenters. The van der Waals surface area contributed by atoms with E-state index in [0.717, 1.165) is 52.2 Å². The number of hydrogen-bond donors (Lipinski definition) is 2. The Bertz CT molecular complexity index is 1370. The van der Waals surface area contributed by atoms with Crippen molar-refractivity contribution >= 4 is 39.8 Å². The maximum Gasteiger partial charge on any atom is 0.303 e. The Morgan fingerprint density at radius 3 is 2.53 bits per heavy atom. The van der Waals surface area contributed by atoms with E-state index in [1.165, 1.54) is 5.56 Å². The number of halogens is 1. The highest BCUT2D eigenvalue weighted by molar-refractivity contribution is 7.20. The normalized spacial score (nSPS) is 17.8. The van der Waals surface area contributed by atoms with Crippen molar-refractivity contribution in [2.24, 2.45) is 5.92 Å². The second-order valence-corrected chi connectivity index (χ2v) is 11.0. The van der Waals surface area contributed by atoms with Gasteiger partial charge in [0.05, 0.1) is 4.88 Å². The molecule has 0 spiro atoms. The quantitative estimate of drug-likeness (QED) is 0.283. The third kappa shape index (κ3) is 5.47. The molecule has 8 heteroatoms. The van der Waals surface area contributed by atoms with Crippen LogP contribution < -0.4 is 5.32 Å². The number of aromatic nitrogens is 2. The molecular weight excluding hydrogens is 494 g/mol. The number of nitrogens with zero attached hydrogens (tertiary/aromatic N) is 2. The monoisotopic (exact) mass is 521 g/mol. The van der Waals surface area contributed by atoms with Crippen molar-refractivity contribution in [3.63, 3.8) is 0 Å². The summed E-state index contributed by atoms with van der Waals surface area (Å²) >= 11 is 7.73. The Kier molecular flexibility index (Phi) is 7.12. The Morgan fingerprint density at radius 2 is 1.86 bits per heavy atom. The molecule has 1 aliphatic rings. The SMILES string of the molecule is Cc1ccc(CNC(=O)c2cn3cc(-c4ccc(C5CCC(CC(=O)O)CC5)cc4)sc3n2)cc1Cl. The summed E-state index contributed by atoms with van der Waals surface area (Å²) in [6, 6.07) is 14.4. The highest BCUT2D eigenvalue weighted by Crippen LogP contribution is 2.38. The molecule has 5 rings (SSSR count). The number of aliphatic carboxylic acids is 1. The van der Waals surface area contributed by atoms with Gasteiger partial charge in [0.15, 0.2) is 4.96 Å². The first-order valence-corrected chi connectivity index (χ1v) is 13.4. The fraction of sp³-hybridized carbons (Fsp3) is 0.321. The molecule has 2 N–H and O–H groups in total. The maximum atomic E-state index is 12.6. The summed E-state index contributed by atoms with van der Waals surface area (Å²) in [6.07, 6.45) is 8.12. The number of carbonyl (C=O) groups excluding carboxylic acids is 1. The molecule has 0 saturated heterocycles. The average molecular weight is 522 g/mol. The first kappa shape index (κ1) is 24.5. The minimum Gasteiger partial charge on any atom is -0.481 e. The highest BCUT2D eigenvalue weighted by Gasteiger charge is 2.24. The number of amides is 1. The number of thiazole rings is 1. The standard InChI is InChI=1S/C28H28ClN3O3S/c1-17-2-3-19(12-23(17)29)14-30-27(35)24-15-32-16-25(36-28(32)31-24)22-10-8-21(9-11-22)20-6-4-18(5-7-20)13-26(33)34/h2-3,8-12,15-16,18,20H,4-7,13-14H2,1H3,(H,30,35)(H,33,34). The number of carboxylic acid groups (broad SMARTS) is 1. The zero-order valence-electron chi connectivity index (χ0n) is 20.0. The summed E-state index contributed by atoms with van der Waals surface area (Å²) in [4.78, 5) is 30.0. The number of imidazole rings is 1. The number of rotatable bonds is 7. The number of fused-ring (bicyclic) bond motifs is 1. The van der Waals surface area contributed by atoms with Gasteiger partial charge in [-0.1, -0.05) is 59.3 Å². The summed E-state index contributed by atoms with van der Waals surface area (Å²) in [5, 5.41) is 12.6. The van der Waals surface area contributed by atoms with E-state index < -0.39 is 5.97 Å². The average Bonchev–Trinajstić information content (AvgIpc) is 3.45. The van der Waals surface area contributed by atoms with Gasteiger partial charge in [0, 0.05) is 30.4 Å². The summed E-state index contributed by atoms with van der Waals surface area (Å²) in [7, 11) is 0. The molecule has 4 aromatic rings. The van der Waals surface area contributed by atoms with E-state index in [-0.39, 0.29) is 12.3 Å². The first-order chi connectivity index (χ1) is 17.4. The highest BCUT2D eigenvalue weighted by atomic mass is 35.5. The molecule has 6 nitrogen and oxygen atoms in total. The van der Waals surface area contributed by atoms with Crippen molar-refractivity contribution < 1.29 is 14.7 Å². The smallest absolute Gasteiger partial charge is 0.303 e. The lowest BCUT2D eigenvalue weighted by Gasteiger charge is -2.28. The van der Waals surface area contributed by atoms with Gasteiger partial charge in [-0.2, -0.15) is 0 Å². The van der Waals surface area contributed by atoms with E-state index in [4.69, 9.17) is 16.7 Å². The molecule has 1 saturated carbocycles. The number of carboxylic acids is 1. The third-order valence-electron chi connectivity index (χ3n) is 7.05. The van der Waals surface area contributed by atoms with Crippen LogP contribution in [0.5, 0.6) is 0 Å². The first-order valence-electron chi connectivity index (χ1n) is 12.2. The van der Waals surface area contributed by atoms with Gasteiger partial charge in [-0.25, -0.2) is 4.98 Å². The van der Waals surface area contributed by atoms with Gasteiger partial charge in [0.1, 0.15) is 5.69 Å². The van der Waals surface area contributed by atoms with E-state index in [1.54, 1.807) is 17.5 Å². The molecule has 1 fully saturated rings. The zero-order chi connectivity index (χ0) is 25.2. The fourth-order valence-corrected chi connectivity index (χ4v) is 6.10. The van der Waals surface area contributed by atoms with Crippen molar-refractivity contribution in [1.29, 1.82) is 0 Å². The lowest BCUT2D eigenvalue weighted by atomic mass is 9.77. The van der Waals surface area contributed by atoms with Crippen LogP contribution in [0.1, 0.15) is 65.2 Å². The molecule has 0 aliphatic heterocycles. The van der Waals surface area contributed by atoms with Gasteiger partial charge >= 0.3 is 5.97 Å². The van der Waals surface area contributed by atoms with Gasteiger partial charge in [-0.3, -0.25) is 14.0 Å². The van der Waals surface area contributed by atoms with Crippen molar-refractivity contribution in [2.75, 3.05) is 0 Å². The van der Waals surface area contributed by atoms with Crippen molar-refractivity contribution in [3.8, 4) is 10.4 Å². The number of carbonyl (C=O) groups is 2. The van der Waals surface area contributed by atoms with Gasteiger partial charge in [0.25, 0.3) is 5.91 Å². The van der Waals surface area contributed by atoms with Crippen molar-refractivity contribution in [2.45, 2.75) is 51.5 Å². The second-order valence-electron chi connectivity index (χ2n) is 9.62. The number of hydrogen-bond acceptors (Lipinski definition) is 4. The molecule has 0 radical (unpaired) electrons. The lowest BCUT2D eigenvalue weighted by molar-refractivity contribution is -0.138. The Labute approximate surface area is 219 Å². The van der Waals surface area contributed by atoms with Crippen LogP contribution in [0.3, 0.4) is 0 Å². The molecule has 36 heavy (non-hydrogen) atoms. The topological polar surface area (TPSA) is 83.7 Å². The molecule has 186 valence electrons. The Balaban J connectivity index is 1.21. The van der Waals surface area contributed by atoms with Crippen molar-refractivity contribution in [3.05, 3.63) is 82.3 Å². The lowest BCUT2D eigenvalue weighted by Crippen LogP contribution is -2.23. The molecule has 2 aromatic carbocycles. The van der Waals surface area contributed by atoms with E-state index >= 15 is 0 Å². The maximum absolute atomic E-state index is 12.6. The van der Waals surface area contributed by atoms with Gasteiger partial charge < -0.3 is 10.4 Å². The van der Waals surface area contributed by atoms with Crippen LogP contribution >= 0.6 is 22.9 Å². The van der Waals surface area contributed by atoms with E-state index in [0.29, 0.717) is 29.1 Å². The van der Waals surface area contributed by atoms with Crippen LogP contribution in [-0.2, 0) is 11.3 Å². The molecule has 1 aliphatic carbocycles. The molecule has 2 aromatic heterocycles.